The van der Waals surface area contributed by atoms with Crippen molar-refractivity contribution >= 4 is 5.78 Å². The van der Waals surface area contributed by atoms with E-state index in [0.29, 0.717) is 0 Å². The van der Waals surface area contributed by atoms with Crippen molar-refractivity contribution in [3.8, 4) is 12.3 Å². The number of aryl methyl sites for hydroxylation is 1. The molecule has 0 aliphatic heterocycles. The normalized spacial score (nSPS) is 9.31. The molecular weight excluding hydrogens is 167 g/mol. The Labute approximate surface area is 76.6 Å². The van der Waals surface area contributed by atoms with Crippen molar-refractivity contribution in [2.24, 2.45) is 0 Å². The highest BCUT2D eigenvalue weighted by molar-refractivity contribution is 5.97. The van der Waals surface area contributed by atoms with Gasteiger partial charge in [-0.3, -0.25) is 4.79 Å². The highest BCUT2D eigenvalue weighted by atomic mass is 19.1. The fraction of sp³-hybridized carbons (Fsp3) is 0.182. The van der Waals surface area contributed by atoms with Gasteiger partial charge in [-0.1, -0.05) is 12.0 Å². The van der Waals surface area contributed by atoms with Gasteiger partial charge in [0.05, 0.1) is 12.0 Å². The molecule has 0 radical (unpaired) electrons. The highest BCUT2D eigenvalue weighted by Crippen LogP contribution is 2.11. The van der Waals surface area contributed by atoms with Crippen molar-refractivity contribution in [3.05, 3.63) is 35.1 Å². The molecule has 0 heterocycles. The number of hydrogen-bond donors (Lipinski definition) is 0. The fourth-order valence-corrected chi connectivity index (χ4v) is 1.03. The molecular formula is C11H9FO. The van der Waals surface area contributed by atoms with E-state index in [1.54, 1.807) is 13.0 Å². The summed E-state index contributed by atoms with van der Waals surface area (Å²) in [4.78, 5) is 11.2. The summed E-state index contributed by atoms with van der Waals surface area (Å²) in [7, 11) is 0. The summed E-state index contributed by atoms with van der Waals surface area (Å²) in [6.45, 7) is 1.76. The van der Waals surface area contributed by atoms with Crippen LogP contribution in [-0.2, 0) is 0 Å². The van der Waals surface area contributed by atoms with Crippen molar-refractivity contribution in [2.75, 3.05) is 0 Å². The average molecular weight is 176 g/mol. The molecule has 0 unspecified atom stereocenters. The van der Waals surface area contributed by atoms with Crippen molar-refractivity contribution in [1.82, 2.24) is 0 Å². The number of benzene rings is 1. The molecule has 0 atom stereocenters. The van der Waals surface area contributed by atoms with Gasteiger partial charge in [0.1, 0.15) is 5.82 Å². The Morgan fingerprint density at radius 1 is 1.62 bits per heavy atom. The zero-order chi connectivity index (χ0) is 9.84. The topological polar surface area (TPSA) is 17.1 Å². The summed E-state index contributed by atoms with van der Waals surface area (Å²) in [5.74, 6) is 1.34. The summed E-state index contributed by atoms with van der Waals surface area (Å²) >= 11 is 0. The van der Waals surface area contributed by atoms with Gasteiger partial charge >= 0.3 is 0 Å². The molecule has 0 saturated carbocycles. The van der Waals surface area contributed by atoms with Crippen LogP contribution >= 0.6 is 0 Å². The van der Waals surface area contributed by atoms with E-state index < -0.39 is 5.82 Å². The minimum Gasteiger partial charge on any atom is -0.293 e. The van der Waals surface area contributed by atoms with Gasteiger partial charge in [-0.2, -0.15) is 0 Å². The van der Waals surface area contributed by atoms with E-state index in [1.165, 1.54) is 12.1 Å². The maximum absolute atomic E-state index is 13.1. The zero-order valence-electron chi connectivity index (χ0n) is 7.30. The smallest absolute Gasteiger partial charge is 0.177 e. The molecule has 0 amide bonds. The third-order valence-electron chi connectivity index (χ3n) is 1.69. The Balaban J connectivity index is 3.03. The first kappa shape index (κ1) is 9.47. The average Bonchev–Trinajstić information content (AvgIpc) is 2.04. The van der Waals surface area contributed by atoms with E-state index in [9.17, 15) is 9.18 Å². The molecule has 0 aliphatic rings. The van der Waals surface area contributed by atoms with Crippen LogP contribution in [0, 0.1) is 25.1 Å². The first-order valence-corrected chi connectivity index (χ1v) is 3.88. The SMILES string of the molecule is C#CCC(=O)c1ccc(C)cc1F. The Morgan fingerprint density at radius 3 is 2.85 bits per heavy atom. The van der Waals surface area contributed by atoms with E-state index in [0.717, 1.165) is 5.56 Å². The van der Waals surface area contributed by atoms with Crippen LogP contribution < -0.4 is 0 Å². The van der Waals surface area contributed by atoms with Crippen LogP contribution in [0.4, 0.5) is 4.39 Å². The minimum absolute atomic E-state index is 0.0556. The predicted molar refractivity (Wildman–Crippen MR) is 48.9 cm³/mol. The molecule has 0 saturated heterocycles. The van der Waals surface area contributed by atoms with Gasteiger partial charge in [0.2, 0.25) is 0 Å². The molecule has 0 aliphatic carbocycles. The second-order valence-corrected chi connectivity index (χ2v) is 2.79. The Hall–Kier alpha value is -1.62. The first-order chi connectivity index (χ1) is 6.15. The van der Waals surface area contributed by atoms with Gasteiger partial charge in [-0.05, 0) is 24.6 Å². The van der Waals surface area contributed by atoms with Crippen LogP contribution in [0.5, 0.6) is 0 Å². The number of rotatable bonds is 2. The third-order valence-corrected chi connectivity index (χ3v) is 1.69. The number of carbonyl (C=O) groups is 1. The lowest BCUT2D eigenvalue weighted by molar-refractivity contribution is 0.0994. The predicted octanol–water partition coefficient (Wildman–Crippen LogP) is 2.34. The van der Waals surface area contributed by atoms with Gasteiger partial charge in [-0.15, -0.1) is 6.42 Å². The van der Waals surface area contributed by atoms with Crippen molar-refractivity contribution in [3.63, 3.8) is 0 Å². The number of carbonyl (C=O) groups excluding carboxylic acids is 1. The van der Waals surface area contributed by atoms with Gasteiger partial charge in [0.15, 0.2) is 5.78 Å². The van der Waals surface area contributed by atoms with E-state index in [-0.39, 0.29) is 17.8 Å². The van der Waals surface area contributed by atoms with Crippen LogP contribution in [0.2, 0.25) is 0 Å². The van der Waals surface area contributed by atoms with Crippen LogP contribution in [-0.4, -0.2) is 5.78 Å². The molecule has 2 heteroatoms. The molecule has 66 valence electrons. The Bertz CT molecular complexity index is 374. The Kier molecular flexibility index (Phi) is 2.81. The maximum Gasteiger partial charge on any atom is 0.177 e. The first-order valence-electron chi connectivity index (χ1n) is 3.88. The largest absolute Gasteiger partial charge is 0.293 e. The van der Waals surface area contributed by atoms with Gasteiger partial charge in [-0.25, -0.2) is 4.39 Å². The molecule has 1 aromatic rings. The summed E-state index contributed by atoms with van der Waals surface area (Å²) < 4.78 is 13.1. The fourth-order valence-electron chi connectivity index (χ4n) is 1.03. The molecule has 1 rings (SSSR count). The summed E-state index contributed by atoms with van der Waals surface area (Å²) in [5.41, 5.74) is 0.860. The van der Waals surface area contributed by atoms with Crippen molar-refractivity contribution < 1.29 is 9.18 Å². The van der Waals surface area contributed by atoms with Crippen LogP contribution in [0.3, 0.4) is 0 Å². The molecule has 13 heavy (non-hydrogen) atoms. The molecule has 0 aromatic heterocycles. The summed E-state index contributed by atoms with van der Waals surface area (Å²) in [6, 6.07) is 4.47. The van der Waals surface area contributed by atoms with Crippen LogP contribution in [0.1, 0.15) is 22.3 Å². The number of halogens is 1. The monoisotopic (exact) mass is 176 g/mol. The molecule has 1 aromatic carbocycles. The van der Waals surface area contributed by atoms with Crippen LogP contribution in [0.15, 0.2) is 18.2 Å². The van der Waals surface area contributed by atoms with Crippen molar-refractivity contribution in [2.45, 2.75) is 13.3 Å². The van der Waals surface area contributed by atoms with E-state index in [2.05, 4.69) is 5.92 Å². The lowest BCUT2D eigenvalue weighted by Crippen LogP contribution is -2.01. The molecule has 1 nitrogen and oxygen atoms in total. The number of hydrogen-bond acceptors (Lipinski definition) is 1. The zero-order valence-corrected chi connectivity index (χ0v) is 7.30. The molecule has 0 fully saturated rings. The minimum atomic E-state index is -0.500. The Morgan fingerprint density at radius 2 is 2.31 bits per heavy atom. The maximum atomic E-state index is 13.1. The number of ketones is 1. The van der Waals surface area contributed by atoms with Crippen molar-refractivity contribution in [1.29, 1.82) is 0 Å². The van der Waals surface area contributed by atoms with Gasteiger partial charge < -0.3 is 0 Å². The van der Waals surface area contributed by atoms with Gasteiger partial charge in [0.25, 0.3) is 0 Å². The van der Waals surface area contributed by atoms with E-state index >= 15 is 0 Å². The van der Waals surface area contributed by atoms with E-state index in [4.69, 9.17) is 6.42 Å². The second kappa shape index (κ2) is 3.86. The number of terminal acetylenes is 1. The molecule has 0 bridgehead atoms. The second-order valence-electron chi connectivity index (χ2n) is 2.79. The molecule has 0 N–H and O–H groups in total. The number of Topliss-reactive ketones (excluding diaryl/α,β-unsaturated/α-hetero) is 1. The third kappa shape index (κ3) is 2.16. The van der Waals surface area contributed by atoms with Crippen LogP contribution in [0.25, 0.3) is 0 Å². The van der Waals surface area contributed by atoms with Gasteiger partial charge in [0, 0.05) is 0 Å². The van der Waals surface area contributed by atoms with E-state index in [1.807, 2.05) is 0 Å². The lowest BCUT2D eigenvalue weighted by Gasteiger charge is -2.00. The summed E-state index contributed by atoms with van der Waals surface area (Å²) in [5, 5.41) is 0. The quantitative estimate of drug-likeness (QED) is 0.499. The lowest BCUT2D eigenvalue weighted by atomic mass is 10.1. The highest BCUT2D eigenvalue weighted by Gasteiger charge is 2.09. The summed E-state index contributed by atoms with van der Waals surface area (Å²) in [6.07, 6.45) is 4.90. The molecule has 0 spiro atoms. The standard InChI is InChI=1S/C11H9FO/c1-3-4-11(13)9-6-5-8(2)7-10(9)12/h1,5-7H,4H2,2H3.